The number of esters is 1. The Kier molecular flexibility index (Phi) is 2.80. The molecule has 0 heterocycles. The van der Waals surface area contributed by atoms with Crippen LogP contribution in [0.3, 0.4) is 0 Å². The van der Waals surface area contributed by atoms with E-state index < -0.39 is 0 Å². The van der Waals surface area contributed by atoms with E-state index in [0.29, 0.717) is 11.8 Å². The Bertz CT molecular complexity index is 403. The predicted molar refractivity (Wildman–Crippen MR) is 72.3 cm³/mol. The number of methoxy groups -OCH3 is 1. The third-order valence-electron chi connectivity index (χ3n) is 6.65. The van der Waals surface area contributed by atoms with E-state index in [2.05, 4.69) is 20.8 Å². The van der Waals surface area contributed by atoms with Gasteiger partial charge in [0.25, 0.3) is 0 Å². The SMILES string of the molecule is COC(=O)[C@@H]1C[C@@H]2[C@@H](O)C(C)(C)C[C@@]23[C@@H](C)CC[C@@H]13. The fourth-order valence-electron chi connectivity index (χ4n) is 5.92. The molecule has 3 aliphatic carbocycles. The summed E-state index contributed by atoms with van der Waals surface area (Å²) in [7, 11) is 1.49. The van der Waals surface area contributed by atoms with Crippen molar-refractivity contribution in [3.8, 4) is 0 Å². The van der Waals surface area contributed by atoms with Crippen LogP contribution in [0.4, 0.5) is 0 Å². The lowest BCUT2D eigenvalue weighted by molar-refractivity contribution is -0.147. The Morgan fingerprint density at radius 1 is 1.26 bits per heavy atom. The highest BCUT2D eigenvalue weighted by Crippen LogP contribution is 2.72. The van der Waals surface area contributed by atoms with Gasteiger partial charge in [-0.05, 0) is 54.3 Å². The smallest absolute Gasteiger partial charge is 0.308 e. The van der Waals surface area contributed by atoms with Crippen LogP contribution in [0.15, 0.2) is 0 Å². The first-order chi connectivity index (χ1) is 8.84. The third-order valence-corrected chi connectivity index (χ3v) is 6.65. The molecule has 3 heteroatoms. The summed E-state index contributed by atoms with van der Waals surface area (Å²) in [6.45, 7) is 6.68. The molecular formula is C16H26O3. The second-order valence-corrected chi connectivity index (χ2v) is 7.78. The van der Waals surface area contributed by atoms with Gasteiger partial charge >= 0.3 is 5.97 Å². The van der Waals surface area contributed by atoms with Crippen LogP contribution >= 0.6 is 0 Å². The Morgan fingerprint density at radius 3 is 2.58 bits per heavy atom. The van der Waals surface area contributed by atoms with Crippen LogP contribution in [0.25, 0.3) is 0 Å². The van der Waals surface area contributed by atoms with E-state index >= 15 is 0 Å². The molecular weight excluding hydrogens is 240 g/mol. The van der Waals surface area contributed by atoms with E-state index in [-0.39, 0.29) is 34.7 Å². The van der Waals surface area contributed by atoms with Gasteiger partial charge in [0.05, 0.1) is 19.1 Å². The van der Waals surface area contributed by atoms with Crippen LogP contribution in [0, 0.1) is 34.5 Å². The van der Waals surface area contributed by atoms with Crippen LogP contribution in [-0.4, -0.2) is 24.3 Å². The highest BCUT2D eigenvalue weighted by atomic mass is 16.5. The van der Waals surface area contributed by atoms with Crippen molar-refractivity contribution in [3.63, 3.8) is 0 Å². The second-order valence-electron chi connectivity index (χ2n) is 7.78. The molecule has 0 bridgehead atoms. The highest BCUT2D eigenvalue weighted by Gasteiger charge is 2.69. The van der Waals surface area contributed by atoms with Crippen molar-refractivity contribution in [1.82, 2.24) is 0 Å². The first-order valence-electron chi connectivity index (χ1n) is 7.60. The quantitative estimate of drug-likeness (QED) is 0.742. The van der Waals surface area contributed by atoms with Crippen LogP contribution < -0.4 is 0 Å². The maximum atomic E-state index is 12.1. The Balaban J connectivity index is 2.00. The van der Waals surface area contributed by atoms with Gasteiger partial charge < -0.3 is 9.84 Å². The summed E-state index contributed by atoms with van der Waals surface area (Å²) >= 11 is 0. The molecule has 1 spiro atoms. The summed E-state index contributed by atoms with van der Waals surface area (Å²) in [4.78, 5) is 12.1. The summed E-state index contributed by atoms with van der Waals surface area (Å²) in [6.07, 6.45) is 3.93. The van der Waals surface area contributed by atoms with E-state index in [1.807, 2.05) is 0 Å². The Hall–Kier alpha value is -0.570. The van der Waals surface area contributed by atoms with Gasteiger partial charge in [0.15, 0.2) is 0 Å². The lowest BCUT2D eigenvalue weighted by atomic mass is 9.68. The van der Waals surface area contributed by atoms with Crippen LogP contribution in [0.5, 0.6) is 0 Å². The molecule has 0 amide bonds. The summed E-state index contributed by atoms with van der Waals surface area (Å²) in [5.41, 5.74) is 0.171. The summed E-state index contributed by atoms with van der Waals surface area (Å²) < 4.78 is 5.01. The molecule has 0 aliphatic heterocycles. The minimum absolute atomic E-state index is 0.0113. The average molecular weight is 266 g/mol. The molecule has 3 fully saturated rings. The molecule has 3 rings (SSSR count). The minimum atomic E-state index is -0.273. The summed E-state index contributed by atoms with van der Waals surface area (Å²) in [6, 6.07) is 0. The zero-order valence-electron chi connectivity index (χ0n) is 12.5. The van der Waals surface area contributed by atoms with Gasteiger partial charge in [-0.2, -0.15) is 0 Å². The number of hydrogen-bond acceptors (Lipinski definition) is 3. The number of aliphatic hydroxyl groups is 1. The molecule has 3 saturated carbocycles. The summed E-state index contributed by atoms with van der Waals surface area (Å²) in [5, 5.41) is 10.7. The molecule has 3 nitrogen and oxygen atoms in total. The fourth-order valence-corrected chi connectivity index (χ4v) is 5.92. The fraction of sp³-hybridized carbons (Fsp3) is 0.938. The molecule has 3 aliphatic rings. The third kappa shape index (κ3) is 1.51. The first-order valence-corrected chi connectivity index (χ1v) is 7.60. The van der Waals surface area contributed by atoms with Crippen molar-refractivity contribution < 1.29 is 14.6 Å². The molecule has 108 valence electrons. The molecule has 0 radical (unpaired) electrons. The molecule has 0 aromatic carbocycles. The number of hydrogen-bond donors (Lipinski definition) is 1. The van der Waals surface area contributed by atoms with E-state index in [9.17, 15) is 9.90 Å². The van der Waals surface area contributed by atoms with Crippen LogP contribution in [0.1, 0.15) is 46.5 Å². The van der Waals surface area contributed by atoms with Crippen molar-refractivity contribution in [2.75, 3.05) is 7.11 Å². The number of aliphatic hydroxyl groups excluding tert-OH is 1. The van der Waals surface area contributed by atoms with Gasteiger partial charge in [-0.1, -0.05) is 20.8 Å². The first kappa shape index (κ1) is 13.4. The van der Waals surface area contributed by atoms with Crippen molar-refractivity contribution in [2.24, 2.45) is 34.5 Å². The van der Waals surface area contributed by atoms with Crippen LogP contribution in [-0.2, 0) is 9.53 Å². The lowest BCUT2D eigenvalue weighted by Gasteiger charge is -2.36. The predicted octanol–water partition coefficient (Wildman–Crippen LogP) is 2.62. The highest BCUT2D eigenvalue weighted by molar-refractivity contribution is 5.73. The molecule has 0 aromatic heterocycles. The lowest BCUT2D eigenvalue weighted by Crippen LogP contribution is -2.33. The normalized spacial score (nSPS) is 50.9. The van der Waals surface area contributed by atoms with E-state index in [1.165, 1.54) is 13.5 Å². The molecule has 6 atom stereocenters. The van der Waals surface area contributed by atoms with Gasteiger partial charge in [0.1, 0.15) is 0 Å². The van der Waals surface area contributed by atoms with Gasteiger partial charge in [-0.25, -0.2) is 0 Å². The van der Waals surface area contributed by atoms with E-state index in [0.717, 1.165) is 19.3 Å². The van der Waals surface area contributed by atoms with Crippen molar-refractivity contribution in [2.45, 2.75) is 52.6 Å². The van der Waals surface area contributed by atoms with Gasteiger partial charge in [-0.15, -0.1) is 0 Å². The zero-order chi connectivity index (χ0) is 14.0. The average Bonchev–Trinajstić information content (AvgIpc) is 2.89. The number of carbonyl (C=O) groups excluding carboxylic acids is 1. The van der Waals surface area contributed by atoms with Gasteiger partial charge in [0, 0.05) is 0 Å². The topological polar surface area (TPSA) is 46.5 Å². The minimum Gasteiger partial charge on any atom is -0.469 e. The van der Waals surface area contributed by atoms with Gasteiger partial charge in [-0.3, -0.25) is 4.79 Å². The zero-order valence-corrected chi connectivity index (χ0v) is 12.5. The molecule has 0 unspecified atom stereocenters. The molecule has 0 saturated heterocycles. The molecule has 19 heavy (non-hydrogen) atoms. The maximum absolute atomic E-state index is 12.1. The second kappa shape index (κ2) is 3.97. The standard InChI is InChI=1S/C16H26O3/c1-9-5-6-11-10(14(18)19-4)7-12-13(17)15(2,3)8-16(9,11)12/h9-13,17H,5-8H2,1-4H3/t9-,10+,11-,12+,13+,16-/m0/s1. The Labute approximate surface area is 115 Å². The number of rotatable bonds is 1. The van der Waals surface area contributed by atoms with Crippen molar-refractivity contribution in [3.05, 3.63) is 0 Å². The maximum Gasteiger partial charge on any atom is 0.308 e. The van der Waals surface area contributed by atoms with E-state index in [1.54, 1.807) is 0 Å². The van der Waals surface area contributed by atoms with E-state index in [4.69, 9.17) is 4.74 Å². The van der Waals surface area contributed by atoms with Crippen molar-refractivity contribution >= 4 is 5.97 Å². The molecule has 0 aromatic rings. The number of carbonyl (C=O) groups is 1. The monoisotopic (exact) mass is 266 g/mol. The van der Waals surface area contributed by atoms with Gasteiger partial charge in [0.2, 0.25) is 0 Å². The Morgan fingerprint density at radius 2 is 1.95 bits per heavy atom. The molecule has 1 N–H and O–H groups in total. The largest absolute Gasteiger partial charge is 0.469 e. The van der Waals surface area contributed by atoms with Crippen molar-refractivity contribution in [1.29, 1.82) is 0 Å². The number of ether oxygens (including phenoxy) is 1. The summed E-state index contributed by atoms with van der Waals surface area (Å²) in [5.74, 6) is 1.29. The van der Waals surface area contributed by atoms with Crippen LogP contribution in [0.2, 0.25) is 0 Å².